The van der Waals surface area contributed by atoms with Crippen LogP contribution in [0.2, 0.25) is 0 Å². The lowest BCUT2D eigenvalue weighted by atomic mass is 9.78. The molecule has 1 heterocycles. The van der Waals surface area contributed by atoms with E-state index in [1.54, 1.807) is 0 Å². The molecule has 0 aliphatic heterocycles. The van der Waals surface area contributed by atoms with Crippen LogP contribution in [0, 0.1) is 0 Å². The highest BCUT2D eigenvalue weighted by Crippen LogP contribution is 2.51. The molecule has 0 unspecified atom stereocenters. The second-order valence-corrected chi connectivity index (χ2v) is 12.4. The minimum atomic E-state index is -0.0314. The van der Waals surface area contributed by atoms with Gasteiger partial charge in [-0.15, -0.1) is 0 Å². The van der Waals surface area contributed by atoms with E-state index in [1.165, 1.54) is 77.2 Å². The number of hydrogen-bond acceptors (Lipinski definition) is 1. The molecular formula is C41H30O. The normalized spacial score (nSPS) is 14.8. The predicted molar refractivity (Wildman–Crippen MR) is 177 cm³/mol. The van der Waals surface area contributed by atoms with Crippen LogP contribution in [-0.4, -0.2) is 0 Å². The van der Waals surface area contributed by atoms with Crippen molar-refractivity contribution in [1.82, 2.24) is 0 Å². The Labute approximate surface area is 245 Å². The molecule has 0 atom stereocenters. The van der Waals surface area contributed by atoms with E-state index in [0.29, 0.717) is 0 Å². The third kappa shape index (κ3) is 3.20. The van der Waals surface area contributed by atoms with E-state index >= 15 is 0 Å². The van der Waals surface area contributed by atoms with E-state index in [9.17, 15) is 0 Å². The summed E-state index contributed by atoms with van der Waals surface area (Å²) in [4.78, 5) is 0. The number of benzene rings is 6. The fourth-order valence-corrected chi connectivity index (χ4v) is 7.77. The number of rotatable bonds is 2. The van der Waals surface area contributed by atoms with E-state index in [4.69, 9.17) is 4.42 Å². The lowest BCUT2D eigenvalue weighted by molar-refractivity contribution is 0.660. The molecule has 0 N–H and O–H groups in total. The summed E-state index contributed by atoms with van der Waals surface area (Å²) in [7, 11) is 0. The van der Waals surface area contributed by atoms with Gasteiger partial charge in [-0.25, -0.2) is 0 Å². The standard InChI is InChI=1S/C41H30O/c1-41(2)35-17-9-7-11-27(35)28-21-19-26(24-36(28)41)40-32-15-5-3-13-30(32)39(31-14-4-6-16-33(31)40)25-20-22-38-34(23-25)29-12-8-10-18-37(29)42-38/h3,5-13,15-24H,4,14H2,1-2H3. The summed E-state index contributed by atoms with van der Waals surface area (Å²) in [5.41, 5.74) is 15.5. The van der Waals surface area contributed by atoms with Gasteiger partial charge in [0, 0.05) is 16.2 Å². The van der Waals surface area contributed by atoms with Gasteiger partial charge >= 0.3 is 0 Å². The summed E-state index contributed by atoms with van der Waals surface area (Å²) in [5.74, 6) is 0. The highest BCUT2D eigenvalue weighted by molar-refractivity contribution is 6.12. The van der Waals surface area contributed by atoms with Crippen LogP contribution >= 0.6 is 0 Å². The minimum absolute atomic E-state index is 0.0314. The topological polar surface area (TPSA) is 13.1 Å². The maximum Gasteiger partial charge on any atom is 0.135 e. The van der Waals surface area contributed by atoms with Crippen LogP contribution < -0.4 is 0 Å². The number of furan rings is 1. The highest BCUT2D eigenvalue weighted by Gasteiger charge is 2.35. The van der Waals surface area contributed by atoms with Gasteiger partial charge in [0.25, 0.3) is 0 Å². The first-order valence-electron chi connectivity index (χ1n) is 15.0. The van der Waals surface area contributed by atoms with Crippen molar-refractivity contribution in [3.63, 3.8) is 0 Å². The van der Waals surface area contributed by atoms with Gasteiger partial charge in [-0.3, -0.25) is 0 Å². The smallest absolute Gasteiger partial charge is 0.135 e. The SMILES string of the molecule is CC1(C)c2ccccc2-c2ccc(-c3c4c(c(-c5ccc6oc7ccccc7c6c5)c5ccccc35)CCC=C4)cc21. The Morgan fingerprint density at radius 1 is 0.571 bits per heavy atom. The Morgan fingerprint density at radius 2 is 1.24 bits per heavy atom. The molecule has 1 heteroatoms. The van der Waals surface area contributed by atoms with Crippen molar-refractivity contribution in [2.45, 2.75) is 32.1 Å². The van der Waals surface area contributed by atoms with E-state index in [-0.39, 0.29) is 5.41 Å². The van der Waals surface area contributed by atoms with Crippen molar-refractivity contribution < 1.29 is 4.42 Å². The monoisotopic (exact) mass is 538 g/mol. The molecule has 6 aromatic carbocycles. The Hall–Kier alpha value is -4.88. The van der Waals surface area contributed by atoms with Crippen LogP contribution in [0.5, 0.6) is 0 Å². The molecule has 0 bridgehead atoms. The van der Waals surface area contributed by atoms with Gasteiger partial charge in [0.2, 0.25) is 0 Å². The Bertz CT molecular complexity index is 2270. The number of para-hydroxylation sites is 1. The molecule has 9 rings (SSSR count). The summed E-state index contributed by atoms with van der Waals surface area (Å²) in [6, 6.07) is 40.2. The Balaban J connectivity index is 1.32. The van der Waals surface area contributed by atoms with Gasteiger partial charge in [-0.1, -0.05) is 111 Å². The quantitative estimate of drug-likeness (QED) is 0.213. The molecular weight excluding hydrogens is 508 g/mol. The van der Waals surface area contributed by atoms with Crippen molar-refractivity contribution in [3.05, 3.63) is 138 Å². The van der Waals surface area contributed by atoms with Crippen molar-refractivity contribution in [2.75, 3.05) is 0 Å². The van der Waals surface area contributed by atoms with Crippen LogP contribution in [0.4, 0.5) is 0 Å². The third-order valence-corrected chi connectivity index (χ3v) is 9.75. The van der Waals surface area contributed by atoms with Gasteiger partial charge in [0.05, 0.1) is 0 Å². The Morgan fingerprint density at radius 3 is 2.12 bits per heavy atom. The summed E-state index contributed by atoms with van der Waals surface area (Å²) < 4.78 is 6.19. The van der Waals surface area contributed by atoms with Crippen LogP contribution in [0.15, 0.2) is 120 Å². The molecule has 1 aromatic heterocycles. The number of fused-ring (bicyclic) bond motifs is 8. The molecule has 42 heavy (non-hydrogen) atoms. The fraction of sp³-hybridized carbons (Fsp3) is 0.122. The zero-order valence-electron chi connectivity index (χ0n) is 23.9. The first-order valence-corrected chi connectivity index (χ1v) is 15.0. The molecule has 7 aromatic rings. The summed E-state index contributed by atoms with van der Waals surface area (Å²) in [5, 5.41) is 4.97. The van der Waals surface area contributed by atoms with E-state index in [2.05, 4.69) is 129 Å². The van der Waals surface area contributed by atoms with E-state index in [1.807, 2.05) is 6.07 Å². The first kappa shape index (κ1) is 23.8. The molecule has 0 fully saturated rings. The van der Waals surface area contributed by atoms with Crippen molar-refractivity contribution >= 4 is 38.8 Å². The van der Waals surface area contributed by atoms with Gasteiger partial charge in [-0.2, -0.15) is 0 Å². The van der Waals surface area contributed by atoms with Crippen LogP contribution in [0.3, 0.4) is 0 Å². The molecule has 2 aliphatic carbocycles. The zero-order chi connectivity index (χ0) is 28.0. The lowest BCUT2D eigenvalue weighted by Crippen LogP contribution is -2.15. The van der Waals surface area contributed by atoms with Gasteiger partial charge in [0.15, 0.2) is 0 Å². The fourth-order valence-electron chi connectivity index (χ4n) is 7.77. The molecule has 0 amide bonds. The second kappa shape index (κ2) is 8.57. The molecule has 1 nitrogen and oxygen atoms in total. The number of hydrogen-bond donors (Lipinski definition) is 0. The van der Waals surface area contributed by atoms with Crippen molar-refractivity contribution in [1.29, 1.82) is 0 Å². The number of allylic oxidation sites excluding steroid dienone is 1. The average molecular weight is 539 g/mol. The molecule has 0 spiro atoms. The van der Waals surface area contributed by atoms with Gasteiger partial charge < -0.3 is 4.42 Å². The third-order valence-electron chi connectivity index (χ3n) is 9.75. The molecule has 200 valence electrons. The lowest BCUT2D eigenvalue weighted by Gasteiger charge is -2.25. The molecule has 0 saturated carbocycles. The van der Waals surface area contributed by atoms with Crippen molar-refractivity contribution in [2.24, 2.45) is 0 Å². The van der Waals surface area contributed by atoms with Gasteiger partial charge in [-0.05, 0) is 104 Å². The average Bonchev–Trinajstić information content (AvgIpc) is 3.51. The largest absolute Gasteiger partial charge is 0.456 e. The summed E-state index contributed by atoms with van der Waals surface area (Å²) >= 11 is 0. The van der Waals surface area contributed by atoms with Gasteiger partial charge in [0.1, 0.15) is 11.2 Å². The summed E-state index contributed by atoms with van der Waals surface area (Å²) in [6.07, 6.45) is 6.82. The van der Waals surface area contributed by atoms with Crippen molar-refractivity contribution in [3.8, 4) is 33.4 Å². The van der Waals surface area contributed by atoms with Crippen LogP contribution in [0.25, 0.3) is 72.2 Å². The van der Waals surface area contributed by atoms with Crippen LogP contribution in [-0.2, 0) is 11.8 Å². The van der Waals surface area contributed by atoms with Crippen LogP contribution in [0.1, 0.15) is 42.5 Å². The molecule has 2 aliphatic rings. The maximum absolute atomic E-state index is 6.19. The second-order valence-electron chi connectivity index (χ2n) is 12.4. The highest BCUT2D eigenvalue weighted by atomic mass is 16.3. The maximum atomic E-state index is 6.19. The first-order chi connectivity index (χ1) is 20.6. The predicted octanol–water partition coefficient (Wildman–Crippen LogP) is 11.3. The minimum Gasteiger partial charge on any atom is -0.456 e. The van der Waals surface area contributed by atoms with E-state index in [0.717, 1.165) is 24.0 Å². The van der Waals surface area contributed by atoms with E-state index < -0.39 is 0 Å². The molecule has 0 saturated heterocycles. The summed E-state index contributed by atoms with van der Waals surface area (Å²) in [6.45, 7) is 4.74. The Kier molecular flexibility index (Phi) is 4.85. The molecule has 0 radical (unpaired) electrons. The zero-order valence-corrected chi connectivity index (χ0v) is 23.9.